The topological polar surface area (TPSA) is 307 Å². The summed E-state index contributed by atoms with van der Waals surface area (Å²) in [5.74, 6) is -1.01. The Morgan fingerprint density at radius 3 is 2.05 bits per heavy atom. The summed E-state index contributed by atoms with van der Waals surface area (Å²) in [5.41, 5.74) is 0.442. The van der Waals surface area contributed by atoms with E-state index in [9.17, 15) is 61.3 Å². The molecule has 64 heavy (non-hydrogen) atoms. The molecule has 8 aliphatic rings. The van der Waals surface area contributed by atoms with Crippen molar-refractivity contribution in [3.05, 3.63) is 11.6 Å². The molecule has 7 fully saturated rings. The minimum atomic E-state index is -1.69. The van der Waals surface area contributed by atoms with Gasteiger partial charge in [0, 0.05) is 24.2 Å². The summed E-state index contributed by atoms with van der Waals surface area (Å²) in [6.45, 7) is 8.84. The lowest BCUT2D eigenvalue weighted by atomic mass is 9.46. The van der Waals surface area contributed by atoms with E-state index in [1.807, 2.05) is 6.92 Å². The van der Waals surface area contributed by atoms with E-state index in [2.05, 4.69) is 26.8 Å². The number of allylic oxidation sites excluding steroid dienone is 1. The van der Waals surface area contributed by atoms with Gasteiger partial charge in [-0.1, -0.05) is 39.3 Å². The second kappa shape index (κ2) is 18.7. The van der Waals surface area contributed by atoms with Gasteiger partial charge in [0.1, 0.15) is 67.1 Å². The van der Waals surface area contributed by atoms with Crippen LogP contribution in [0.1, 0.15) is 86.0 Å². The van der Waals surface area contributed by atoms with Crippen molar-refractivity contribution in [1.29, 1.82) is 0 Å². The molecule has 4 aliphatic carbocycles. The molecule has 368 valence electrons. The molecule has 12 N–H and O–H groups in total. The fourth-order valence-electron chi connectivity index (χ4n) is 13.6. The smallest absolute Gasteiger partial charge is 0.187 e. The van der Waals surface area contributed by atoms with Crippen LogP contribution in [-0.4, -0.2) is 197 Å². The summed E-state index contributed by atoms with van der Waals surface area (Å²) in [4.78, 5) is 0. The first-order valence-corrected chi connectivity index (χ1v) is 23.5. The highest BCUT2D eigenvalue weighted by Gasteiger charge is 2.69. The maximum atomic E-state index is 12.2. The van der Waals surface area contributed by atoms with Crippen LogP contribution >= 0.6 is 0 Å². The maximum Gasteiger partial charge on any atom is 0.187 e. The number of aliphatic hydroxyl groups excluding tert-OH is 11. The van der Waals surface area contributed by atoms with Gasteiger partial charge in [-0.25, -0.2) is 0 Å². The third kappa shape index (κ3) is 8.36. The van der Waals surface area contributed by atoms with Gasteiger partial charge in [-0.15, -0.1) is 0 Å². The predicted molar refractivity (Wildman–Crippen MR) is 219 cm³/mol. The molecular weight excluding hydrogens is 844 g/mol. The first-order valence-electron chi connectivity index (χ1n) is 23.5. The monoisotopic (exact) mass is 918 g/mol. The fourth-order valence-corrected chi connectivity index (χ4v) is 13.6. The van der Waals surface area contributed by atoms with Crippen LogP contribution in [0.4, 0.5) is 0 Å². The third-order valence-corrected chi connectivity index (χ3v) is 17.4. The first kappa shape index (κ1) is 49.4. The number of hydrogen-bond acceptors (Lipinski definition) is 19. The summed E-state index contributed by atoms with van der Waals surface area (Å²) >= 11 is 0. The Bertz CT molecular complexity index is 1640. The van der Waals surface area contributed by atoms with E-state index >= 15 is 0 Å². The largest absolute Gasteiger partial charge is 0.394 e. The minimum Gasteiger partial charge on any atom is -0.394 e. The molecular formula is C45H74O19. The van der Waals surface area contributed by atoms with Gasteiger partial charge in [-0.3, -0.25) is 0 Å². The Morgan fingerprint density at radius 2 is 1.38 bits per heavy atom. The van der Waals surface area contributed by atoms with Crippen molar-refractivity contribution in [2.24, 2.45) is 46.3 Å². The second-order valence-electron chi connectivity index (χ2n) is 21.1. The summed E-state index contributed by atoms with van der Waals surface area (Å²) in [6, 6.07) is 0. The van der Waals surface area contributed by atoms with Gasteiger partial charge in [0.2, 0.25) is 0 Å². The van der Waals surface area contributed by atoms with Crippen LogP contribution in [0, 0.1) is 46.3 Å². The molecule has 3 saturated carbocycles. The van der Waals surface area contributed by atoms with Gasteiger partial charge in [0.15, 0.2) is 24.7 Å². The van der Waals surface area contributed by atoms with Gasteiger partial charge in [-0.05, 0) is 80.5 Å². The zero-order valence-electron chi connectivity index (χ0n) is 37.4. The number of rotatable bonds is 12. The van der Waals surface area contributed by atoms with E-state index in [1.54, 1.807) is 0 Å². The Hall–Kier alpha value is -1.02. The van der Waals surface area contributed by atoms with E-state index in [0.29, 0.717) is 25.7 Å². The average molecular weight is 919 g/mol. The molecule has 0 amide bonds. The fraction of sp³-hybridized carbons (Fsp3) is 0.956. The average Bonchev–Trinajstić information content (AvgIpc) is 3.70. The van der Waals surface area contributed by atoms with E-state index in [0.717, 1.165) is 31.3 Å². The predicted octanol–water partition coefficient (Wildman–Crippen LogP) is -1.86. The quantitative estimate of drug-likeness (QED) is 0.0956. The molecule has 0 aromatic heterocycles. The Morgan fingerprint density at radius 1 is 0.750 bits per heavy atom. The highest BCUT2D eigenvalue weighted by atomic mass is 16.8. The lowest BCUT2D eigenvalue weighted by Crippen LogP contribution is -2.64. The summed E-state index contributed by atoms with van der Waals surface area (Å²) in [7, 11) is 0. The Kier molecular flexibility index (Phi) is 14.4. The highest BCUT2D eigenvalue weighted by Crippen LogP contribution is 2.70. The van der Waals surface area contributed by atoms with Crippen molar-refractivity contribution in [2.45, 2.75) is 202 Å². The third-order valence-electron chi connectivity index (χ3n) is 17.4. The van der Waals surface area contributed by atoms with Crippen molar-refractivity contribution < 1.29 is 94.4 Å². The molecule has 0 spiro atoms. The lowest BCUT2D eigenvalue weighted by Gasteiger charge is -2.60. The standard InChI is InChI=1S/C45H74O19/c1-18(17-58-42-39(36(54)33(51)28(16-47)61-42)63-40-37(55)34(52)31(49)20(3)59-40)8-11-45(57)19(2)30-26(64-45)14-25-23-7-6-21-12-22(48)13-29(44(21,5)24(23)9-10-43(25,30)4)62-41-38(56)35(53)32(50)27(15-46)60-41/h6,18-20,22-42,46-57H,7-17H2,1-5H3. The van der Waals surface area contributed by atoms with E-state index in [4.69, 9.17) is 33.2 Å². The molecule has 0 aromatic carbocycles. The molecule has 4 heterocycles. The number of hydrogen-bond donors (Lipinski definition) is 12. The van der Waals surface area contributed by atoms with Crippen molar-refractivity contribution in [3.8, 4) is 0 Å². The first-order chi connectivity index (χ1) is 30.2. The maximum absolute atomic E-state index is 12.2. The molecule has 4 saturated heterocycles. The van der Waals surface area contributed by atoms with Gasteiger partial charge in [0.05, 0.1) is 44.2 Å². The molecule has 19 nitrogen and oxygen atoms in total. The van der Waals surface area contributed by atoms with Crippen molar-refractivity contribution in [3.63, 3.8) is 0 Å². The summed E-state index contributed by atoms with van der Waals surface area (Å²) in [6.07, 6.45) is -15.6. The van der Waals surface area contributed by atoms with Crippen molar-refractivity contribution >= 4 is 0 Å². The Labute approximate surface area is 373 Å². The molecule has 19 heteroatoms. The van der Waals surface area contributed by atoms with Gasteiger partial charge in [-0.2, -0.15) is 0 Å². The van der Waals surface area contributed by atoms with Crippen LogP contribution < -0.4 is 0 Å². The number of aliphatic hydroxyl groups is 12. The van der Waals surface area contributed by atoms with E-state index < -0.39 is 129 Å². The molecule has 27 unspecified atom stereocenters. The van der Waals surface area contributed by atoms with Crippen molar-refractivity contribution in [2.75, 3.05) is 19.8 Å². The van der Waals surface area contributed by atoms with Crippen LogP contribution in [0.3, 0.4) is 0 Å². The van der Waals surface area contributed by atoms with Gasteiger partial charge in [0.25, 0.3) is 0 Å². The molecule has 0 radical (unpaired) electrons. The van der Waals surface area contributed by atoms with E-state index in [1.165, 1.54) is 6.92 Å². The van der Waals surface area contributed by atoms with Crippen molar-refractivity contribution in [1.82, 2.24) is 0 Å². The van der Waals surface area contributed by atoms with Crippen LogP contribution in [-0.2, 0) is 33.2 Å². The molecule has 8 rings (SSSR count). The van der Waals surface area contributed by atoms with Gasteiger partial charge >= 0.3 is 0 Å². The minimum absolute atomic E-state index is 0.0594. The van der Waals surface area contributed by atoms with Gasteiger partial charge < -0.3 is 94.4 Å². The molecule has 0 aromatic rings. The molecule has 4 aliphatic heterocycles. The van der Waals surface area contributed by atoms with Crippen LogP contribution in [0.2, 0.25) is 0 Å². The summed E-state index contributed by atoms with van der Waals surface area (Å²) < 4.78 is 42.3. The molecule has 0 bridgehead atoms. The second-order valence-corrected chi connectivity index (χ2v) is 21.1. The normalized spacial score (nSPS) is 55.5. The van der Waals surface area contributed by atoms with Crippen LogP contribution in [0.25, 0.3) is 0 Å². The van der Waals surface area contributed by atoms with Crippen LogP contribution in [0.5, 0.6) is 0 Å². The van der Waals surface area contributed by atoms with Crippen LogP contribution in [0.15, 0.2) is 11.6 Å². The van der Waals surface area contributed by atoms with E-state index in [-0.39, 0.29) is 53.6 Å². The lowest BCUT2D eigenvalue weighted by molar-refractivity contribution is -0.365. The molecule has 27 atom stereocenters. The zero-order chi connectivity index (χ0) is 46.4. The number of ether oxygens (including phenoxy) is 7. The summed E-state index contributed by atoms with van der Waals surface area (Å²) in [5, 5.41) is 127. The zero-order valence-corrected chi connectivity index (χ0v) is 37.4. The number of fused-ring (bicyclic) bond motifs is 7. The highest BCUT2D eigenvalue weighted by molar-refractivity contribution is 5.28. The SMILES string of the molecule is CC(CCC1(O)OC2CC3C4CC=C5CC(O)CC(OC6OC(CO)C(O)C(O)C6O)C5(C)C4CCC3(C)C2C1C)COC1OC(CO)C(O)C(O)C1OC1OC(C)C(O)C(O)C1O. The Balaban J connectivity index is 0.904.